The quantitative estimate of drug-likeness (QED) is 0.153. The van der Waals surface area contributed by atoms with Crippen molar-refractivity contribution >= 4 is 29.3 Å². The number of rotatable bonds is 15. The molecule has 3 rings (SSSR count). The number of ether oxygens (including phenoxy) is 2. The van der Waals surface area contributed by atoms with Crippen LogP contribution in [0.2, 0.25) is 0 Å². The van der Waals surface area contributed by atoms with Gasteiger partial charge in [-0.2, -0.15) is 0 Å². The Balaban J connectivity index is 1.46. The number of carbonyl (C=O) groups excluding carboxylic acids is 2. The van der Waals surface area contributed by atoms with Crippen LogP contribution in [0.3, 0.4) is 0 Å². The maximum atomic E-state index is 12.9. The zero-order chi connectivity index (χ0) is 32.2. The average Bonchev–Trinajstić information content (AvgIpc) is 2.99. The van der Waals surface area contributed by atoms with Crippen LogP contribution in [0.1, 0.15) is 66.4 Å². The Hall–Kier alpha value is -2.97. The molecule has 0 aromatic heterocycles. The normalized spacial score (nSPS) is 16.7. The third-order valence-electron chi connectivity index (χ3n) is 8.02. The lowest BCUT2D eigenvalue weighted by atomic mass is 10.0. The number of hydrogen-bond donors (Lipinski definition) is 0. The first-order valence-electron chi connectivity index (χ1n) is 16.1. The molecule has 1 saturated heterocycles. The molecular weight excluding hydrogens is 576 g/mol. The molecule has 2 heterocycles. The number of hydrogen-bond acceptors (Lipinski definition) is 6. The minimum atomic E-state index is -0.382. The summed E-state index contributed by atoms with van der Waals surface area (Å²) in [6.07, 6.45) is 6.39. The van der Waals surface area contributed by atoms with Crippen molar-refractivity contribution in [2.45, 2.75) is 67.2 Å². The fraction of sp³-hybridized carbons (Fsp3) is 0.600. The number of allylic oxidation sites excluding steroid dienone is 5. The van der Waals surface area contributed by atoms with E-state index in [1.54, 1.807) is 15.9 Å². The number of benzene rings is 1. The topological polar surface area (TPSA) is 65.6 Å². The van der Waals surface area contributed by atoms with Crippen molar-refractivity contribution in [3.63, 3.8) is 0 Å². The second-order valence-corrected chi connectivity index (χ2v) is 13.1. The minimum absolute atomic E-state index is 0.0434. The number of aryl methyl sites for hydroxylation is 1. The summed E-state index contributed by atoms with van der Waals surface area (Å²) in [7, 11) is 0. The maximum Gasteiger partial charge on any atom is 0.411 e. The van der Waals surface area contributed by atoms with Crippen molar-refractivity contribution in [2.75, 3.05) is 64.1 Å². The smallest absolute Gasteiger partial charge is 0.411 e. The summed E-state index contributed by atoms with van der Waals surface area (Å²) in [5, 5.41) is 0.807. The van der Waals surface area contributed by atoms with Gasteiger partial charge in [0.05, 0.1) is 17.3 Å². The van der Waals surface area contributed by atoms with E-state index in [9.17, 15) is 9.59 Å². The van der Waals surface area contributed by atoms with Gasteiger partial charge in [-0.1, -0.05) is 64.1 Å². The molecule has 1 aromatic rings. The molecule has 0 unspecified atom stereocenters. The first kappa shape index (κ1) is 35.5. The molecule has 8 nitrogen and oxygen atoms in total. The van der Waals surface area contributed by atoms with Crippen molar-refractivity contribution in [1.29, 1.82) is 0 Å². The van der Waals surface area contributed by atoms with E-state index in [1.807, 2.05) is 31.2 Å². The van der Waals surface area contributed by atoms with Crippen LogP contribution in [0.5, 0.6) is 5.75 Å². The lowest BCUT2D eigenvalue weighted by Crippen LogP contribution is -2.45. The highest BCUT2D eigenvalue weighted by molar-refractivity contribution is 6.32. The van der Waals surface area contributed by atoms with Gasteiger partial charge < -0.3 is 19.3 Å². The summed E-state index contributed by atoms with van der Waals surface area (Å²) < 4.78 is 11.8. The zero-order valence-electron chi connectivity index (χ0n) is 27.7. The van der Waals surface area contributed by atoms with E-state index in [0.717, 1.165) is 78.9 Å². The molecule has 0 N–H and O–H groups in total. The summed E-state index contributed by atoms with van der Waals surface area (Å²) in [6, 6.07) is 5.90. The summed E-state index contributed by atoms with van der Waals surface area (Å²) in [5.41, 5.74) is 3.99. The number of anilines is 1. The first-order chi connectivity index (χ1) is 21.0. The van der Waals surface area contributed by atoms with Gasteiger partial charge in [-0.05, 0) is 68.7 Å². The van der Waals surface area contributed by atoms with Crippen molar-refractivity contribution in [2.24, 2.45) is 11.8 Å². The van der Waals surface area contributed by atoms with Gasteiger partial charge in [-0.3, -0.25) is 14.6 Å². The molecule has 2 amide bonds. The van der Waals surface area contributed by atoms with Crippen LogP contribution >= 0.6 is 11.6 Å². The molecule has 1 aromatic carbocycles. The molecule has 0 aliphatic carbocycles. The molecule has 9 heteroatoms. The highest BCUT2D eigenvalue weighted by atomic mass is 35.5. The Morgan fingerprint density at radius 2 is 1.73 bits per heavy atom. The molecule has 244 valence electrons. The average molecular weight is 629 g/mol. The number of piperazine rings is 1. The molecule has 2 aliphatic heterocycles. The van der Waals surface area contributed by atoms with Crippen LogP contribution in [0.25, 0.3) is 0 Å². The highest BCUT2D eigenvalue weighted by Crippen LogP contribution is 2.32. The van der Waals surface area contributed by atoms with Crippen molar-refractivity contribution in [3.8, 4) is 5.75 Å². The minimum Gasteiger partial charge on any atom is -0.494 e. The van der Waals surface area contributed by atoms with Gasteiger partial charge in [0, 0.05) is 57.5 Å². The molecule has 0 bridgehead atoms. The van der Waals surface area contributed by atoms with E-state index in [4.69, 9.17) is 21.1 Å². The van der Waals surface area contributed by atoms with E-state index < -0.39 is 0 Å². The van der Waals surface area contributed by atoms with Gasteiger partial charge in [0.2, 0.25) is 5.91 Å². The molecule has 2 aliphatic rings. The summed E-state index contributed by atoms with van der Waals surface area (Å²) in [6.45, 7) is 22.9. The Morgan fingerprint density at radius 3 is 2.36 bits per heavy atom. The standard InChI is InChI=1S/C35H53ClN4O4/c1-8-11-28(6)34(36)29(7)38-19-17-37(18-20-38)16-9-10-21-43-31-14-12-30-13-15-33(41)40(32(30)22-31)25-44-35(42)39(23-26(2)3)24-27(4)5/h8,11-12,14,22,26-27H,1,9-10,13,15-21,23-25H2,2-7H3/b28-11-,34-29-. The molecule has 0 saturated carbocycles. The van der Waals surface area contributed by atoms with E-state index in [2.05, 4.69) is 51.0 Å². The van der Waals surface area contributed by atoms with Crippen LogP contribution in [-0.2, 0) is 16.0 Å². The number of carbonyl (C=O) groups is 2. The van der Waals surface area contributed by atoms with E-state index >= 15 is 0 Å². The summed E-state index contributed by atoms with van der Waals surface area (Å²) in [4.78, 5) is 33.9. The summed E-state index contributed by atoms with van der Waals surface area (Å²) >= 11 is 6.58. The number of unbranched alkanes of at least 4 members (excludes halogenated alkanes) is 1. The monoisotopic (exact) mass is 628 g/mol. The molecule has 0 radical (unpaired) electrons. The fourth-order valence-corrected chi connectivity index (χ4v) is 5.86. The number of amides is 2. The highest BCUT2D eigenvalue weighted by Gasteiger charge is 2.27. The van der Waals surface area contributed by atoms with Gasteiger partial charge >= 0.3 is 6.09 Å². The summed E-state index contributed by atoms with van der Waals surface area (Å²) in [5.74, 6) is 1.34. The maximum absolute atomic E-state index is 12.9. The van der Waals surface area contributed by atoms with Crippen molar-refractivity contribution < 1.29 is 19.1 Å². The first-order valence-corrected chi connectivity index (χ1v) is 16.5. The molecule has 0 spiro atoms. The number of nitrogens with zero attached hydrogens (tertiary/aromatic N) is 4. The lowest BCUT2D eigenvalue weighted by molar-refractivity contribution is -0.119. The molecule has 44 heavy (non-hydrogen) atoms. The van der Waals surface area contributed by atoms with E-state index in [0.29, 0.717) is 44.4 Å². The second kappa shape index (κ2) is 17.5. The van der Waals surface area contributed by atoms with Crippen molar-refractivity contribution in [1.82, 2.24) is 14.7 Å². The van der Waals surface area contributed by atoms with Crippen LogP contribution in [0, 0.1) is 11.8 Å². The van der Waals surface area contributed by atoms with Gasteiger partial charge in [0.15, 0.2) is 6.73 Å². The predicted octanol–water partition coefficient (Wildman–Crippen LogP) is 7.05. The van der Waals surface area contributed by atoms with Gasteiger partial charge in [0.1, 0.15) is 5.75 Å². The lowest BCUT2D eigenvalue weighted by Gasteiger charge is -2.37. The van der Waals surface area contributed by atoms with E-state index in [1.165, 1.54) is 0 Å². The number of fused-ring (bicyclic) bond motifs is 1. The van der Waals surface area contributed by atoms with Crippen LogP contribution in [-0.4, -0.2) is 85.9 Å². The van der Waals surface area contributed by atoms with Crippen LogP contribution < -0.4 is 9.64 Å². The third kappa shape index (κ3) is 10.6. The van der Waals surface area contributed by atoms with Crippen LogP contribution in [0.15, 0.2) is 53.2 Å². The second-order valence-electron chi connectivity index (χ2n) is 12.7. The fourth-order valence-electron chi connectivity index (χ4n) is 5.67. The Kier molecular flexibility index (Phi) is 14.1. The Bertz CT molecular complexity index is 1180. The SMILES string of the molecule is C=C/C=C(C)\C(Cl)=C(/C)N1CCN(CCCCOc2ccc3c(c2)N(COC(=O)N(CC(C)C)CC(C)C)C(=O)CC3)CC1. The Morgan fingerprint density at radius 1 is 1.05 bits per heavy atom. The van der Waals surface area contributed by atoms with Crippen molar-refractivity contribution in [3.05, 3.63) is 58.8 Å². The van der Waals surface area contributed by atoms with E-state index in [-0.39, 0.29) is 18.7 Å². The van der Waals surface area contributed by atoms with Gasteiger partial charge in [-0.15, -0.1) is 0 Å². The zero-order valence-corrected chi connectivity index (χ0v) is 28.5. The van der Waals surface area contributed by atoms with Crippen LogP contribution in [0.4, 0.5) is 10.5 Å². The largest absolute Gasteiger partial charge is 0.494 e. The molecule has 0 atom stereocenters. The molecular formula is C35H53ClN4O4. The molecule has 1 fully saturated rings. The van der Waals surface area contributed by atoms with Gasteiger partial charge in [0.25, 0.3) is 0 Å². The number of halogens is 1. The Labute approximate surface area is 270 Å². The predicted molar refractivity (Wildman–Crippen MR) is 180 cm³/mol. The van der Waals surface area contributed by atoms with Gasteiger partial charge in [-0.25, -0.2) is 4.79 Å². The third-order valence-corrected chi connectivity index (χ3v) is 8.59.